The first kappa shape index (κ1) is 20.9. The third kappa shape index (κ3) is 6.42. The van der Waals surface area contributed by atoms with Gasteiger partial charge < -0.3 is 10.6 Å². The molecule has 0 aliphatic rings. The molecule has 6 nitrogen and oxygen atoms in total. The van der Waals surface area contributed by atoms with Gasteiger partial charge in [0, 0.05) is 18.3 Å². The average Bonchev–Trinajstić information content (AvgIpc) is 2.63. The number of anilines is 2. The minimum Gasteiger partial charge on any atom is -0.376 e. The van der Waals surface area contributed by atoms with Gasteiger partial charge in [0.25, 0.3) is 5.91 Å². The lowest BCUT2D eigenvalue weighted by Gasteiger charge is -2.10. The van der Waals surface area contributed by atoms with Crippen LogP contribution in [0.1, 0.15) is 25.0 Å². The normalized spacial score (nSPS) is 11.7. The van der Waals surface area contributed by atoms with Gasteiger partial charge >= 0.3 is 6.18 Å². The molecular formula is C19H19F3N4O2. The molecule has 0 fully saturated rings. The quantitative estimate of drug-likeness (QED) is 0.519. The number of amides is 2. The van der Waals surface area contributed by atoms with Gasteiger partial charge in [-0.25, -0.2) is 5.43 Å². The maximum Gasteiger partial charge on any atom is 0.416 e. The van der Waals surface area contributed by atoms with Crippen molar-refractivity contribution in [2.24, 2.45) is 5.10 Å². The first-order chi connectivity index (χ1) is 13.1. The summed E-state index contributed by atoms with van der Waals surface area (Å²) in [6.07, 6.45) is -4.45. The number of hydrazone groups is 1. The summed E-state index contributed by atoms with van der Waals surface area (Å²) >= 11 is 0. The minimum absolute atomic E-state index is 0.175. The summed E-state index contributed by atoms with van der Waals surface area (Å²) in [7, 11) is 0. The predicted molar refractivity (Wildman–Crippen MR) is 101 cm³/mol. The van der Waals surface area contributed by atoms with E-state index in [1.54, 1.807) is 31.2 Å². The molecular weight excluding hydrogens is 373 g/mol. The van der Waals surface area contributed by atoms with E-state index >= 15 is 0 Å². The molecule has 148 valence electrons. The summed E-state index contributed by atoms with van der Waals surface area (Å²) in [5.74, 6) is -0.726. The number of nitrogens with one attached hydrogen (secondary N) is 3. The SMILES string of the molecule is CC(=O)Nc1cccc(/C(C)=N/NC(=O)CNc2cccc(C(F)(F)F)c2)c1. The first-order valence-corrected chi connectivity index (χ1v) is 8.27. The van der Waals surface area contributed by atoms with E-state index in [9.17, 15) is 22.8 Å². The van der Waals surface area contributed by atoms with Gasteiger partial charge in [0.2, 0.25) is 5.91 Å². The zero-order valence-corrected chi connectivity index (χ0v) is 15.2. The highest BCUT2D eigenvalue weighted by molar-refractivity contribution is 6.01. The predicted octanol–water partition coefficient (Wildman–Crippen LogP) is 3.62. The lowest BCUT2D eigenvalue weighted by Crippen LogP contribution is -2.26. The Balaban J connectivity index is 1.94. The number of hydrogen-bond donors (Lipinski definition) is 3. The van der Waals surface area contributed by atoms with E-state index in [2.05, 4.69) is 21.2 Å². The van der Waals surface area contributed by atoms with Crippen LogP contribution in [-0.2, 0) is 15.8 Å². The molecule has 2 rings (SSSR count). The van der Waals surface area contributed by atoms with Crippen LogP contribution in [0.25, 0.3) is 0 Å². The second kappa shape index (κ2) is 9.03. The molecule has 2 aromatic rings. The van der Waals surface area contributed by atoms with Gasteiger partial charge in [0.1, 0.15) is 0 Å². The van der Waals surface area contributed by atoms with Gasteiger partial charge in [-0.2, -0.15) is 18.3 Å². The smallest absolute Gasteiger partial charge is 0.376 e. The monoisotopic (exact) mass is 392 g/mol. The van der Waals surface area contributed by atoms with Crippen LogP contribution in [0.15, 0.2) is 53.6 Å². The molecule has 0 saturated carbocycles. The van der Waals surface area contributed by atoms with Crippen molar-refractivity contribution in [3.8, 4) is 0 Å². The van der Waals surface area contributed by atoms with Crippen LogP contribution in [0, 0.1) is 0 Å². The van der Waals surface area contributed by atoms with E-state index in [4.69, 9.17) is 0 Å². The molecule has 9 heteroatoms. The van der Waals surface area contributed by atoms with E-state index in [0.717, 1.165) is 12.1 Å². The van der Waals surface area contributed by atoms with Gasteiger partial charge in [-0.1, -0.05) is 18.2 Å². The van der Waals surface area contributed by atoms with Crippen molar-refractivity contribution in [3.63, 3.8) is 0 Å². The Kier molecular flexibility index (Phi) is 6.75. The fourth-order valence-electron chi connectivity index (χ4n) is 2.26. The van der Waals surface area contributed by atoms with Crippen molar-refractivity contribution in [1.82, 2.24) is 5.43 Å². The van der Waals surface area contributed by atoms with E-state index in [1.807, 2.05) is 0 Å². The van der Waals surface area contributed by atoms with Crippen molar-refractivity contribution in [2.45, 2.75) is 20.0 Å². The molecule has 0 heterocycles. The Morgan fingerprint density at radius 2 is 1.68 bits per heavy atom. The second-order valence-electron chi connectivity index (χ2n) is 5.93. The van der Waals surface area contributed by atoms with Crippen molar-refractivity contribution in [1.29, 1.82) is 0 Å². The molecule has 2 amide bonds. The molecule has 0 radical (unpaired) electrons. The van der Waals surface area contributed by atoms with Crippen molar-refractivity contribution in [3.05, 3.63) is 59.7 Å². The number of halogens is 3. The Hall–Kier alpha value is -3.36. The number of alkyl halides is 3. The molecule has 0 unspecified atom stereocenters. The fourth-order valence-corrected chi connectivity index (χ4v) is 2.26. The summed E-state index contributed by atoms with van der Waals surface area (Å²) in [5, 5.41) is 9.24. The maximum absolute atomic E-state index is 12.7. The van der Waals surface area contributed by atoms with Crippen molar-refractivity contribution >= 4 is 28.9 Å². The number of rotatable bonds is 6. The van der Waals surface area contributed by atoms with Gasteiger partial charge in [-0.05, 0) is 42.8 Å². The van der Waals surface area contributed by atoms with Crippen molar-refractivity contribution in [2.75, 3.05) is 17.2 Å². The zero-order valence-electron chi connectivity index (χ0n) is 15.2. The van der Waals surface area contributed by atoms with Gasteiger partial charge in [0.15, 0.2) is 0 Å². The molecule has 28 heavy (non-hydrogen) atoms. The second-order valence-corrected chi connectivity index (χ2v) is 5.93. The van der Waals surface area contributed by atoms with Gasteiger partial charge in [-0.3, -0.25) is 9.59 Å². The minimum atomic E-state index is -4.45. The topological polar surface area (TPSA) is 82.6 Å². The number of hydrogen-bond acceptors (Lipinski definition) is 4. The Bertz CT molecular complexity index is 895. The molecule has 0 aliphatic heterocycles. The van der Waals surface area contributed by atoms with Crippen LogP contribution in [-0.4, -0.2) is 24.1 Å². The number of carbonyl (C=O) groups excluding carboxylic acids is 2. The summed E-state index contributed by atoms with van der Waals surface area (Å²) in [5.41, 5.74) is 3.49. The lowest BCUT2D eigenvalue weighted by molar-refractivity contribution is -0.137. The lowest BCUT2D eigenvalue weighted by atomic mass is 10.1. The zero-order chi connectivity index (χ0) is 20.7. The third-order valence-electron chi connectivity index (χ3n) is 3.59. The van der Waals surface area contributed by atoms with E-state index < -0.39 is 17.6 Å². The highest BCUT2D eigenvalue weighted by Gasteiger charge is 2.30. The molecule has 0 atom stereocenters. The molecule has 0 bridgehead atoms. The Morgan fingerprint density at radius 3 is 2.36 bits per heavy atom. The van der Waals surface area contributed by atoms with Crippen LogP contribution in [0.2, 0.25) is 0 Å². The van der Waals surface area contributed by atoms with Crippen LogP contribution in [0.3, 0.4) is 0 Å². The largest absolute Gasteiger partial charge is 0.416 e. The molecule has 0 spiro atoms. The Labute approximate surface area is 159 Å². The number of benzene rings is 2. The molecule has 3 N–H and O–H groups in total. The maximum atomic E-state index is 12.7. The highest BCUT2D eigenvalue weighted by atomic mass is 19.4. The van der Waals surface area contributed by atoms with E-state index in [0.29, 0.717) is 17.0 Å². The molecule has 0 saturated heterocycles. The number of carbonyl (C=O) groups is 2. The third-order valence-corrected chi connectivity index (χ3v) is 3.59. The fraction of sp³-hybridized carbons (Fsp3) is 0.211. The summed E-state index contributed by atoms with van der Waals surface area (Å²) in [6.45, 7) is 2.82. The Morgan fingerprint density at radius 1 is 1.00 bits per heavy atom. The van der Waals surface area contributed by atoms with Gasteiger partial charge in [0.05, 0.1) is 17.8 Å². The van der Waals surface area contributed by atoms with Crippen molar-refractivity contribution < 1.29 is 22.8 Å². The average molecular weight is 392 g/mol. The van der Waals surface area contributed by atoms with Crippen LogP contribution in [0.4, 0.5) is 24.5 Å². The van der Waals surface area contributed by atoms with E-state index in [-0.39, 0.29) is 18.1 Å². The van der Waals surface area contributed by atoms with Crippen LogP contribution >= 0.6 is 0 Å². The molecule has 0 aromatic heterocycles. The highest BCUT2D eigenvalue weighted by Crippen LogP contribution is 2.30. The van der Waals surface area contributed by atoms with Crippen LogP contribution in [0.5, 0.6) is 0 Å². The summed E-state index contributed by atoms with van der Waals surface area (Å²) < 4.78 is 38.1. The van der Waals surface area contributed by atoms with Crippen LogP contribution < -0.4 is 16.1 Å². The first-order valence-electron chi connectivity index (χ1n) is 8.27. The standard InChI is InChI=1S/C19H19F3N4O2/c1-12(14-5-3-8-17(9-14)24-13(2)27)25-26-18(28)11-23-16-7-4-6-15(10-16)19(20,21)22/h3-10,23H,11H2,1-2H3,(H,24,27)(H,26,28)/b25-12+. The number of nitrogens with zero attached hydrogens (tertiary/aromatic N) is 1. The van der Waals surface area contributed by atoms with E-state index in [1.165, 1.54) is 19.1 Å². The molecule has 0 aliphatic carbocycles. The molecule has 2 aromatic carbocycles. The van der Waals surface area contributed by atoms with Gasteiger partial charge in [-0.15, -0.1) is 0 Å². The summed E-state index contributed by atoms with van der Waals surface area (Å²) in [6, 6.07) is 11.5. The summed E-state index contributed by atoms with van der Waals surface area (Å²) in [4.78, 5) is 23.0.